The summed E-state index contributed by atoms with van der Waals surface area (Å²) < 4.78 is 15.9. The molecule has 9 heteroatoms. The maximum absolute atomic E-state index is 12.4. The van der Waals surface area contributed by atoms with Gasteiger partial charge in [0.1, 0.15) is 11.5 Å². The SMILES string of the molecule is COc1ccc(NC(=O)CN2CC(c3nc(-c4cccs4)no3)C2)c(OC)c1. The summed E-state index contributed by atoms with van der Waals surface area (Å²) in [5.41, 5.74) is 0.614. The molecule has 0 aliphatic carbocycles. The van der Waals surface area contributed by atoms with Crippen LogP contribution in [-0.4, -0.2) is 54.8 Å². The third kappa shape index (κ3) is 3.85. The Kier molecular flexibility index (Phi) is 5.27. The number of carbonyl (C=O) groups excluding carboxylic acids is 1. The highest BCUT2D eigenvalue weighted by Gasteiger charge is 2.33. The third-order valence-electron chi connectivity index (χ3n) is 4.54. The number of nitrogens with zero attached hydrogens (tertiary/aromatic N) is 3. The van der Waals surface area contributed by atoms with Gasteiger partial charge in [0.05, 0.1) is 37.2 Å². The van der Waals surface area contributed by atoms with Gasteiger partial charge < -0.3 is 19.3 Å². The number of aromatic nitrogens is 2. The molecule has 8 nitrogen and oxygen atoms in total. The van der Waals surface area contributed by atoms with Gasteiger partial charge >= 0.3 is 0 Å². The van der Waals surface area contributed by atoms with Gasteiger partial charge in [0.15, 0.2) is 0 Å². The maximum Gasteiger partial charge on any atom is 0.238 e. The lowest BCUT2D eigenvalue weighted by Gasteiger charge is -2.36. The molecule has 0 spiro atoms. The average molecular weight is 400 g/mol. The number of methoxy groups -OCH3 is 2. The third-order valence-corrected chi connectivity index (χ3v) is 5.41. The minimum Gasteiger partial charge on any atom is -0.497 e. The molecule has 0 bridgehead atoms. The smallest absolute Gasteiger partial charge is 0.238 e. The van der Waals surface area contributed by atoms with Crippen molar-refractivity contribution >= 4 is 22.9 Å². The number of ether oxygens (including phenoxy) is 2. The predicted molar refractivity (Wildman–Crippen MR) is 105 cm³/mol. The van der Waals surface area contributed by atoms with Crippen molar-refractivity contribution in [1.29, 1.82) is 0 Å². The molecule has 1 aromatic carbocycles. The Balaban J connectivity index is 1.29. The van der Waals surface area contributed by atoms with Crippen LogP contribution in [0, 0.1) is 0 Å². The lowest BCUT2D eigenvalue weighted by Crippen LogP contribution is -2.48. The molecule has 0 atom stereocenters. The van der Waals surface area contributed by atoms with Crippen LogP contribution in [-0.2, 0) is 4.79 Å². The molecule has 2 aromatic heterocycles. The first kappa shape index (κ1) is 18.5. The van der Waals surface area contributed by atoms with Crippen LogP contribution < -0.4 is 14.8 Å². The molecule has 1 aliphatic heterocycles. The quantitative estimate of drug-likeness (QED) is 0.652. The fourth-order valence-electron chi connectivity index (χ4n) is 3.06. The molecule has 0 radical (unpaired) electrons. The Morgan fingerprint density at radius 2 is 2.18 bits per heavy atom. The van der Waals surface area contributed by atoms with Crippen molar-refractivity contribution in [3.63, 3.8) is 0 Å². The van der Waals surface area contributed by atoms with E-state index in [9.17, 15) is 4.79 Å². The van der Waals surface area contributed by atoms with E-state index in [1.807, 2.05) is 22.4 Å². The summed E-state index contributed by atoms with van der Waals surface area (Å²) in [5.74, 6) is 2.52. The minimum absolute atomic E-state index is 0.105. The van der Waals surface area contributed by atoms with E-state index in [-0.39, 0.29) is 18.4 Å². The van der Waals surface area contributed by atoms with Crippen molar-refractivity contribution in [2.24, 2.45) is 0 Å². The molecule has 0 saturated carbocycles. The summed E-state index contributed by atoms with van der Waals surface area (Å²) in [6.45, 7) is 1.70. The maximum atomic E-state index is 12.4. The highest BCUT2D eigenvalue weighted by atomic mass is 32.1. The van der Waals surface area contributed by atoms with E-state index in [0.29, 0.717) is 42.0 Å². The Morgan fingerprint density at radius 1 is 1.32 bits per heavy atom. The van der Waals surface area contributed by atoms with Crippen molar-refractivity contribution in [1.82, 2.24) is 15.0 Å². The van der Waals surface area contributed by atoms with Crippen LogP contribution in [0.4, 0.5) is 5.69 Å². The van der Waals surface area contributed by atoms with Gasteiger partial charge in [-0.3, -0.25) is 9.69 Å². The molecule has 3 heterocycles. The van der Waals surface area contributed by atoms with Gasteiger partial charge in [-0.15, -0.1) is 11.3 Å². The molecule has 1 aliphatic rings. The van der Waals surface area contributed by atoms with Gasteiger partial charge in [-0.25, -0.2) is 0 Å². The van der Waals surface area contributed by atoms with E-state index >= 15 is 0 Å². The summed E-state index contributed by atoms with van der Waals surface area (Å²) in [6, 6.07) is 9.19. The highest BCUT2D eigenvalue weighted by molar-refractivity contribution is 7.13. The zero-order chi connectivity index (χ0) is 19.5. The van der Waals surface area contributed by atoms with E-state index < -0.39 is 0 Å². The summed E-state index contributed by atoms with van der Waals surface area (Å²) in [6.07, 6.45) is 0. The standard InChI is InChI=1S/C19H20N4O4S/c1-25-13-5-6-14(15(8-13)26-2)20-17(24)11-23-9-12(10-23)19-21-18(22-27-19)16-4-3-7-28-16/h3-8,12H,9-11H2,1-2H3,(H,20,24). The van der Waals surface area contributed by atoms with Crippen LogP contribution in [0.3, 0.4) is 0 Å². The lowest BCUT2D eigenvalue weighted by atomic mass is 10.0. The number of likely N-dealkylation sites (tertiary alicyclic amines) is 1. The van der Waals surface area contributed by atoms with Crippen LogP contribution in [0.1, 0.15) is 11.8 Å². The zero-order valence-corrected chi connectivity index (χ0v) is 16.4. The normalized spacial score (nSPS) is 14.5. The van der Waals surface area contributed by atoms with Gasteiger partial charge in [-0.1, -0.05) is 11.2 Å². The second-order valence-corrected chi connectivity index (χ2v) is 7.39. The molecule has 3 aromatic rings. The molecule has 4 rings (SSSR count). The van der Waals surface area contributed by atoms with Gasteiger partial charge in [0, 0.05) is 19.2 Å². The first-order chi connectivity index (χ1) is 13.7. The van der Waals surface area contributed by atoms with E-state index in [1.165, 1.54) is 0 Å². The first-order valence-electron chi connectivity index (χ1n) is 8.78. The molecule has 1 N–H and O–H groups in total. The Hall–Kier alpha value is -2.91. The topological polar surface area (TPSA) is 89.7 Å². The summed E-state index contributed by atoms with van der Waals surface area (Å²) in [7, 11) is 3.14. The van der Waals surface area contributed by atoms with Crippen LogP contribution in [0.25, 0.3) is 10.7 Å². The Morgan fingerprint density at radius 3 is 2.89 bits per heavy atom. The highest BCUT2D eigenvalue weighted by Crippen LogP contribution is 2.30. The van der Waals surface area contributed by atoms with E-state index in [4.69, 9.17) is 14.0 Å². The minimum atomic E-state index is -0.105. The largest absolute Gasteiger partial charge is 0.497 e. The molecule has 1 amide bonds. The Bertz CT molecular complexity index is 951. The Labute approximate surface area is 166 Å². The molecular weight excluding hydrogens is 380 g/mol. The van der Waals surface area contributed by atoms with Crippen LogP contribution in [0.2, 0.25) is 0 Å². The zero-order valence-electron chi connectivity index (χ0n) is 15.5. The fourth-order valence-corrected chi connectivity index (χ4v) is 3.71. The first-order valence-corrected chi connectivity index (χ1v) is 9.66. The number of rotatable bonds is 7. The lowest BCUT2D eigenvalue weighted by molar-refractivity contribution is -0.118. The van der Waals surface area contributed by atoms with Crippen LogP contribution >= 0.6 is 11.3 Å². The van der Waals surface area contributed by atoms with Crippen LogP contribution in [0.5, 0.6) is 11.5 Å². The number of hydrogen-bond donors (Lipinski definition) is 1. The average Bonchev–Trinajstić information content (AvgIpc) is 3.36. The van der Waals surface area contributed by atoms with Gasteiger partial charge in [0.25, 0.3) is 0 Å². The molecule has 0 unspecified atom stereocenters. The molecule has 1 fully saturated rings. The van der Waals surface area contributed by atoms with Crippen molar-refractivity contribution < 1.29 is 18.8 Å². The van der Waals surface area contributed by atoms with Crippen LogP contribution in [0.15, 0.2) is 40.2 Å². The summed E-state index contributed by atoms with van der Waals surface area (Å²) in [4.78, 5) is 19.8. The van der Waals surface area contributed by atoms with Crippen molar-refractivity contribution in [3.8, 4) is 22.2 Å². The number of amides is 1. The fraction of sp³-hybridized carbons (Fsp3) is 0.316. The van der Waals surface area contributed by atoms with E-state index in [0.717, 1.165) is 4.88 Å². The second-order valence-electron chi connectivity index (χ2n) is 6.44. The molecule has 146 valence electrons. The number of anilines is 1. The second kappa shape index (κ2) is 7.99. The van der Waals surface area contributed by atoms with E-state index in [1.54, 1.807) is 43.8 Å². The summed E-state index contributed by atoms with van der Waals surface area (Å²) >= 11 is 1.58. The molecule has 28 heavy (non-hydrogen) atoms. The van der Waals surface area contributed by atoms with Crippen molar-refractivity contribution in [2.45, 2.75) is 5.92 Å². The number of nitrogens with one attached hydrogen (secondary N) is 1. The van der Waals surface area contributed by atoms with Gasteiger partial charge in [-0.05, 0) is 23.6 Å². The summed E-state index contributed by atoms with van der Waals surface area (Å²) in [5, 5.41) is 8.90. The number of thiophene rings is 1. The monoisotopic (exact) mass is 400 g/mol. The van der Waals surface area contributed by atoms with Gasteiger partial charge in [-0.2, -0.15) is 4.98 Å². The number of benzene rings is 1. The van der Waals surface area contributed by atoms with Crippen molar-refractivity contribution in [2.75, 3.05) is 39.2 Å². The number of carbonyl (C=O) groups is 1. The van der Waals surface area contributed by atoms with E-state index in [2.05, 4.69) is 15.5 Å². The van der Waals surface area contributed by atoms with Gasteiger partial charge in [0.2, 0.25) is 17.6 Å². The predicted octanol–water partition coefficient (Wildman–Crippen LogP) is 2.85. The molecular formula is C19H20N4O4S. The van der Waals surface area contributed by atoms with Crippen molar-refractivity contribution in [3.05, 3.63) is 41.6 Å². The number of hydrogen-bond acceptors (Lipinski definition) is 8. The molecule has 1 saturated heterocycles.